The van der Waals surface area contributed by atoms with E-state index in [9.17, 15) is 4.79 Å². The Hall–Kier alpha value is -2.47. The zero-order valence-electron chi connectivity index (χ0n) is 12.2. The molecule has 0 aliphatic heterocycles. The van der Waals surface area contributed by atoms with Crippen LogP contribution in [-0.4, -0.2) is 15.8 Å². The number of hydrogen-bond acceptors (Lipinski definition) is 3. The number of Topliss-reactive ketones (excluding diaryl/α,β-unsaturated/α-hetero) is 1. The van der Waals surface area contributed by atoms with Gasteiger partial charge < -0.3 is 0 Å². The number of ketones is 1. The minimum Gasteiger partial charge on any atom is -0.294 e. The first-order chi connectivity index (χ1) is 10.0. The van der Waals surface area contributed by atoms with Crippen LogP contribution in [0.1, 0.15) is 47.4 Å². The van der Waals surface area contributed by atoms with Gasteiger partial charge in [-0.2, -0.15) is 0 Å². The lowest BCUT2D eigenvalue weighted by Crippen LogP contribution is -2.27. The lowest BCUT2D eigenvalue weighted by atomic mass is 9.75. The molecule has 1 aliphatic rings. The molecule has 0 amide bonds. The van der Waals surface area contributed by atoms with Crippen LogP contribution in [0.25, 0.3) is 0 Å². The normalized spacial score (nSPS) is 15.8. The Bertz CT molecular complexity index is 752. The SMILES string of the molecule is CC1(C)CC(=O)c2cc(C#Cc3ccncc3)cnc2C1. The number of carbonyl (C=O) groups is 1. The maximum Gasteiger partial charge on any atom is 0.165 e. The van der Waals surface area contributed by atoms with Gasteiger partial charge in [0.1, 0.15) is 0 Å². The number of fused-ring (bicyclic) bond motifs is 1. The van der Waals surface area contributed by atoms with Crippen LogP contribution in [0.5, 0.6) is 0 Å². The van der Waals surface area contributed by atoms with E-state index in [1.54, 1.807) is 18.6 Å². The fourth-order valence-corrected chi connectivity index (χ4v) is 2.57. The Morgan fingerprint density at radius 3 is 2.57 bits per heavy atom. The van der Waals surface area contributed by atoms with Gasteiger partial charge in [0, 0.05) is 41.7 Å². The quantitative estimate of drug-likeness (QED) is 0.695. The Morgan fingerprint density at radius 1 is 1.10 bits per heavy atom. The van der Waals surface area contributed by atoms with Crippen molar-refractivity contribution in [1.82, 2.24) is 9.97 Å². The fraction of sp³-hybridized carbons (Fsp3) is 0.278. The summed E-state index contributed by atoms with van der Waals surface area (Å²) in [5.41, 5.74) is 3.30. The molecule has 3 nitrogen and oxygen atoms in total. The summed E-state index contributed by atoms with van der Waals surface area (Å²) < 4.78 is 0. The number of rotatable bonds is 0. The zero-order valence-corrected chi connectivity index (χ0v) is 12.2. The standard InChI is InChI=1S/C18H16N2O/c1-18(2)10-16-15(17(21)11-18)9-14(12-20-16)4-3-13-5-7-19-8-6-13/h5-9,12H,10-11H2,1-2H3. The largest absolute Gasteiger partial charge is 0.294 e. The summed E-state index contributed by atoms with van der Waals surface area (Å²) in [6.45, 7) is 4.21. The second kappa shape index (κ2) is 5.14. The molecule has 2 heterocycles. The Labute approximate surface area is 124 Å². The van der Waals surface area contributed by atoms with E-state index in [1.165, 1.54) is 0 Å². The molecule has 3 heteroatoms. The summed E-state index contributed by atoms with van der Waals surface area (Å²) in [6.07, 6.45) is 6.58. The van der Waals surface area contributed by atoms with Crippen molar-refractivity contribution in [3.8, 4) is 11.8 Å². The third-order valence-electron chi connectivity index (χ3n) is 3.59. The molecule has 2 aromatic rings. The number of nitrogens with zero attached hydrogens (tertiary/aromatic N) is 2. The second-order valence-electron chi connectivity index (χ2n) is 6.15. The molecule has 0 saturated carbocycles. The molecule has 1 aliphatic carbocycles. The average Bonchev–Trinajstić information content (AvgIpc) is 2.45. The molecule has 3 rings (SSSR count). The number of pyridine rings is 2. The van der Waals surface area contributed by atoms with E-state index in [0.717, 1.165) is 28.8 Å². The van der Waals surface area contributed by atoms with Gasteiger partial charge in [0.25, 0.3) is 0 Å². The van der Waals surface area contributed by atoms with Crippen LogP contribution in [0, 0.1) is 17.3 Å². The first kappa shape index (κ1) is 13.5. The third kappa shape index (κ3) is 3.00. The number of carbonyl (C=O) groups excluding carboxylic acids is 1. The van der Waals surface area contributed by atoms with Gasteiger partial charge in [0.2, 0.25) is 0 Å². The Kier molecular flexibility index (Phi) is 3.31. The Balaban J connectivity index is 1.93. The van der Waals surface area contributed by atoms with Crippen LogP contribution >= 0.6 is 0 Å². The highest BCUT2D eigenvalue weighted by molar-refractivity contribution is 5.98. The first-order valence-electron chi connectivity index (χ1n) is 6.98. The van der Waals surface area contributed by atoms with Crippen LogP contribution in [0.15, 0.2) is 36.8 Å². The van der Waals surface area contributed by atoms with Gasteiger partial charge in [0.05, 0.1) is 5.69 Å². The molecule has 0 unspecified atom stereocenters. The van der Waals surface area contributed by atoms with E-state index in [2.05, 4.69) is 35.7 Å². The summed E-state index contributed by atoms with van der Waals surface area (Å²) >= 11 is 0. The lowest BCUT2D eigenvalue weighted by Gasteiger charge is -2.29. The van der Waals surface area contributed by atoms with Crippen molar-refractivity contribution >= 4 is 5.78 Å². The molecule has 0 fully saturated rings. The van der Waals surface area contributed by atoms with E-state index in [0.29, 0.717) is 6.42 Å². The van der Waals surface area contributed by atoms with Crippen LogP contribution in [0.4, 0.5) is 0 Å². The van der Waals surface area contributed by atoms with Crippen molar-refractivity contribution in [2.24, 2.45) is 5.41 Å². The molecular weight excluding hydrogens is 260 g/mol. The van der Waals surface area contributed by atoms with Gasteiger partial charge in [-0.05, 0) is 30.0 Å². The highest BCUT2D eigenvalue weighted by atomic mass is 16.1. The van der Waals surface area contributed by atoms with E-state index in [4.69, 9.17) is 0 Å². The van der Waals surface area contributed by atoms with Crippen molar-refractivity contribution in [1.29, 1.82) is 0 Å². The summed E-state index contributed by atoms with van der Waals surface area (Å²) in [5.74, 6) is 6.29. The highest BCUT2D eigenvalue weighted by Crippen LogP contribution is 2.33. The smallest absolute Gasteiger partial charge is 0.165 e. The van der Waals surface area contributed by atoms with E-state index in [-0.39, 0.29) is 11.2 Å². The van der Waals surface area contributed by atoms with Crippen molar-refractivity contribution in [2.45, 2.75) is 26.7 Å². The third-order valence-corrected chi connectivity index (χ3v) is 3.59. The predicted molar refractivity (Wildman–Crippen MR) is 80.9 cm³/mol. The molecule has 0 saturated heterocycles. The molecule has 0 atom stereocenters. The van der Waals surface area contributed by atoms with Crippen molar-refractivity contribution in [3.63, 3.8) is 0 Å². The number of aromatic nitrogens is 2. The molecule has 0 N–H and O–H groups in total. The molecule has 21 heavy (non-hydrogen) atoms. The summed E-state index contributed by atoms with van der Waals surface area (Å²) in [7, 11) is 0. The van der Waals surface area contributed by atoms with E-state index >= 15 is 0 Å². The fourth-order valence-electron chi connectivity index (χ4n) is 2.57. The minimum atomic E-state index is 0.00131. The van der Waals surface area contributed by atoms with Crippen LogP contribution < -0.4 is 0 Å². The molecule has 0 bridgehead atoms. The van der Waals surface area contributed by atoms with Crippen molar-refractivity contribution < 1.29 is 4.79 Å². The van der Waals surface area contributed by atoms with Gasteiger partial charge in [0.15, 0.2) is 5.78 Å². The van der Waals surface area contributed by atoms with E-state index in [1.807, 2.05) is 18.2 Å². The maximum atomic E-state index is 12.2. The first-order valence-corrected chi connectivity index (χ1v) is 6.98. The van der Waals surface area contributed by atoms with Crippen molar-refractivity contribution in [2.75, 3.05) is 0 Å². The number of hydrogen-bond donors (Lipinski definition) is 0. The molecule has 2 aromatic heterocycles. The summed E-state index contributed by atoms with van der Waals surface area (Å²) in [4.78, 5) is 20.6. The van der Waals surface area contributed by atoms with Gasteiger partial charge in [-0.1, -0.05) is 25.7 Å². The van der Waals surface area contributed by atoms with Gasteiger partial charge in [-0.3, -0.25) is 14.8 Å². The topological polar surface area (TPSA) is 42.9 Å². The predicted octanol–water partition coefficient (Wildman–Crippen LogP) is 3.03. The van der Waals surface area contributed by atoms with Gasteiger partial charge in [-0.15, -0.1) is 0 Å². The summed E-state index contributed by atoms with van der Waals surface area (Å²) in [5, 5.41) is 0. The van der Waals surface area contributed by atoms with Gasteiger partial charge in [-0.25, -0.2) is 0 Å². The maximum absolute atomic E-state index is 12.2. The second-order valence-corrected chi connectivity index (χ2v) is 6.15. The molecule has 0 aromatic carbocycles. The molecular formula is C18H16N2O. The molecule has 0 radical (unpaired) electrons. The Morgan fingerprint density at radius 2 is 1.81 bits per heavy atom. The molecule has 0 spiro atoms. The summed E-state index contributed by atoms with van der Waals surface area (Å²) in [6, 6.07) is 5.58. The van der Waals surface area contributed by atoms with Crippen LogP contribution in [-0.2, 0) is 6.42 Å². The lowest BCUT2D eigenvalue weighted by molar-refractivity contribution is 0.0910. The van der Waals surface area contributed by atoms with E-state index < -0.39 is 0 Å². The zero-order chi connectivity index (χ0) is 14.9. The van der Waals surface area contributed by atoms with Crippen LogP contribution in [0.2, 0.25) is 0 Å². The minimum absolute atomic E-state index is 0.00131. The van der Waals surface area contributed by atoms with Gasteiger partial charge >= 0.3 is 0 Å². The monoisotopic (exact) mass is 276 g/mol. The molecule has 104 valence electrons. The van der Waals surface area contributed by atoms with Crippen molar-refractivity contribution in [3.05, 3.63) is 59.2 Å². The van der Waals surface area contributed by atoms with Crippen LogP contribution in [0.3, 0.4) is 0 Å². The average molecular weight is 276 g/mol. The highest BCUT2D eigenvalue weighted by Gasteiger charge is 2.31.